The molecular weight excluding hydrogens is 551 g/mol. The van der Waals surface area contributed by atoms with Crippen LogP contribution in [-0.4, -0.2) is 41.9 Å². The fourth-order valence-electron chi connectivity index (χ4n) is 3.98. The smallest absolute Gasteiger partial charge is 0.416 e. The summed E-state index contributed by atoms with van der Waals surface area (Å²) in [5.74, 6) is -1.75. The normalized spacial score (nSPS) is 11.3. The van der Waals surface area contributed by atoms with Gasteiger partial charge in [0.15, 0.2) is 5.69 Å². The molecule has 0 aliphatic heterocycles. The quantitative estimate of drug-likeness (QED) is 0.232. The molecule has 0 saturated heterocycles. The van der Waals surface area contributed by atoms with Crippen molar-refractivity contribution in [1.82, 2.24) is 4.90 Å². The second kappa shape index (κ2) is 13.2. The molecule has 8 nitrogen and oxygen atoms in total. The predicted molar refractivity (Wildman–Crippen MR) is 150 cm³/mol. The van der Waals surface area contributed by atoms with Crippen LogP contribution in [-0.2, 0) is 33.5 Å². The number of carbonyl (C=O) groups is 3. The molecule has 3 rings (SSSR count). The zero-order valence-electron chi connectivity index (χ0n) is 23.5. The number of benzene rings is 3. The Bertz CT molecular complexity index is 1470. The van der Waals surface area contributed by atoms with Gasteiger partial charge in [-0.15, -0.1) is 0 Å². The molecule has 0 fully saturated rings. The maximum absolute atomic E-state index is 13.5. The minimum absolute atomic E-state index is 0.0211. The number of halogens is 3. The topological polar surface area (TPSA) is 89.3 Å². The summed E-state index contributed by atoms with van der Waals surface area (Å²) in [6.07, 6.45) is -5.20. The standard InChI is InChI=1S/C31H30F3N3O5/c1-30(2,3)42-28(39)19-37(18-20-6-11-23(35-4)12-7-20)29(40)21-8-13-24(14-9-21)36-27(38)16-22-10-15-25(41-5)17-26(22)31(32,33)34/h6-15,17H,16,18-19H2,1-3,5H3,(H,36,38). The van der Waals surface area contributed by atoms with Crippen molar-refractivity contribution in [2.45, 2.75) is 45.5 Å². The summed E-state index contributed by atoms with van der Waals surface area (Å²) in [7, 11) is 1.25. The molecule has 2 amide bonds. The van der Waals surface area contributed by atoms with E-state index in [0.29, 0.717) is 11.3 Å². The van der Waals surface area contributed by atoms with E-state index < -0.39 is 41.5 Å². The van der Waals surface area contributed by atoms with Crippen LogP contribution in [0.4, 0.5) is 24.5 Å². The Morgan fingerprint density at radius 1 is 0.952 bits per heavy atom. The minimum atomic E-state index is -4.67. The fourth-order valence-corrected chi connectivity index (χ4v) is 3.98. The maximum Gasteiger partial charge on any atom is 0.416 e. The van der Waals surface area contributed by atoms with Crippen LogP contribution in [0.15, 0.2) is 66.7 Å². The molecule has 3 aromatic carbocycles. The van der Waals surface area contributed by atoms with Crippen molar-refractivity contribution in [3.8, 4) is 5.75 Å². The van der Waals surface area contributed by atoms with Gasteiger partial charge in [0.2, 0.25) is 5.91 Å². The van der Waals surface area contributed by atoms with Crippen LogP contribution in [0.1, 0.15) is 47.8 Å². The number of ether oxygens (including phenoxy) is 2. The Morgan fingerprint density at radius 3 is 2.14 bits per heavy atom. The highest BCUT2D eigenvalue weighted by molar-refractivity contribution is 5.97. The largest absolute Gasteiger partial charge is 0.497 e. The highest BCUT2D eigenvalue weighted by atomic mass is 19.4. The minimum Gasteiger partial charge on any atom is -0.497 e. The van der Waals surface area contributed by atoms with E-state index in [1.54, 1.807) is 45.0 Å². The number of rotatable bonds is 9. The third-order valence-electron chi connectivity index (χ3n) is 5.86. The van der Waals surface area contributed by atoms with Crippen LogP contribution in [0.5, 0.6) is 5.75 Å². The molecule has 0 unspecified atom stereocenters. The van der Waals surface area contributed by atoms with Gasteiger partial charge in [-0.05, 0) is 68.3 Å². The van der Waals surface area contributed by atoms with Crippen molar-refractivity contribution < 1.29 is 37.0 Å². The molecule has 0 aliphatic carbocycles. The molecular formula is C31H30F3N3O5. The Hall–Kier alpha value is -4.85. The van der Waals surface area contributed by atoms with Gasteiger partial charge in [-0.3, -0.25) is 14.4 Å². The zero-order valence-corrected chi connectivity index (χ0v) is 23.5. The van der Waals surface area contributed by atoms with Crippen LogP contribution in [0.2, 0.25) is 0 Å². The molecule has 0 atom stereocenters. The van der Waals surface area contributed by atoms with E-state index in [1.165, 1.54) is 48.4 Å². The number of anilines is 1. The second-order valence-electron chi connectivity index (χ2n) is 10.3. The lowest BCUT2D eigenvalue weighted by Gasteiger charge is -2.25. The Kier molecular flexibility index (Phi) is 9.96. The van der Waals surface area contributed by atoms with Gasteiger partial charge in [-0.25, -0.2) is 4.85 Å². The molecule has 0 aliphatic rings. The van der Waals surface area contributed by atoms with E-state index in [4.69, 9.17) is 16.0 Å². The number of carbonyl (C=O) groups excluding carboxylic acids is 3. The SMILES string of the molecule is [C-]#[N+]c1ccc(CN(CC(=O)OC(C)(C)C)C(=O)c2ccc(NC(=O)Cc3ccc(OC)cc3C(F)(F)F)cc2)cc1. The van der Waals surface area contributed by atoms with Gasteiger partial charge in [0.25, 0.3) is 5.91 Å². The fraction of sp³-hybridized carbons (Fsp3) is 0.290. The van der Waals surface area contributed by atoms with Gasteiger partial charge in [-0.2, -0.15) is 13.2 Å². The lowest BCUT2D eigenvalue weighted by Crippen LogP contribution is -2.38. The zero-order chi connectivity index (χ0) is 31.1. The average molecular weight is 582 g/mol. The molecule has 3 aromatic rings. The second-order valence-corrected chi connectivity index (χ2v) is 10.3. The van der Waals surface area contributed by atoms with Crippen molar-refractivity contribution in [2.24, 2.45) is 0 Å². The van der Waals surface area contributed by atoms with Gasteiger partial charge in [0.1, 0.15) is 17.9 Å². The third kappa shape index (κ3) is 9.09. The van der Waals surface area contributed by atoms with Crippen molar-refractivity contribution >= 4 is 29.2 Å². The summed E-state index contributed by atoms with van der Waals surface area (Å²) < 4.78 is 50.7. The van der Waals surface area contributed by atoms with Crippen LogP contribution >= 0.6 is 0 Å². The van der Waals surface area contributed by atoms with E-state index >= 15 is 0 Å². The van der Waals surface area contributed by atoms with Crippen LogP contribution in [0.3, 0.4) is 0 Å². The molecule has 11 heteroatoms. The van der Waals surface area contributed by atoms with Gasteiger partial charge >= 0.3 is 12.1 Å². The van der Waals surface area contributed by atoms with Crippen LogP contribution in [0.25, 0.3) is 4.85 Å². The summed E-state index contributed by atoms with van der Waals surface area (Å²) in [6.45, 7) is 12.0. The summed E-state index contributed by atoms with van der Waals surface area (Å²) in [5, 5.41) is 2.54. The number of hydrogen-bond donors (Lipinski definition) is 1. The Morgan fingerprint density at radius 2 is 1.60 bits per heavy atom. The van der Waals surface area contributed by atoms with Gasteiger partial charge < -0.3 is 19.7 Å². The first-order valence-corrected chi connectivity index (χ1v) is 12.8. The van der Waals surface area contributed by atoms with Crippen molar-refractivity contribution in [3.05, 3.63) is 100 Å². The first kappa shape index (κ1) is 31.7. The molecule has 0 bridgehead atoms. The summed E-state index contributed by atoms with van der Waals surface area (Å²) >= 11 is 0. The highest BCUT2D eigenvalue weighted by Gasteiger charge is 2.34. The number of hydrogen-bond acceptors (Lipinski definition) is 5. The van der Waals surface area contributed by atoms with E-state index in [2.05, 4.69) is 10.2 Å². The number of alkyl halides is 3. The lowest BCUT2D eigenvalue weighted by molar-refractivity contribution is -0.155. The Labute approximate surface area is 241 Å². The number of nitrogens with one attached hydrogen (secondary N) is 1. The average Bonchev–Trinajstić information content (AvgIpc) is 2.91. The van der Waals surface area contributed by atoms with E-state index in [1.807, 2.05) is 0 Å². The maximum atomic E-state index is 13.5. The highest BCUT2D eigenvalue weighted by Crippen LogP contribution is 2.34. The molecule has 0 spiro atoms. The summed E-state index contributed by atoms with van der Waals surface area (Å²) in [6, 6.07) is 15.7. The van der Waals surface area contributed by atoms with E-state index in [9.17, 15) is 27.6 Å². The third-order valence-corrected chi connectivity index (χ3v) is 5.86. The molecule has 220 valence electrons. The Balaban J connectivity index is 1.75. The van der Waals surface area contributed by atoms with E-state index in [-0.39, 0.29) is 35.7 Å². The van der Waals surface area contributed by atoms with Crippen LogP contribution < -0.4 is 10.1 Å². The van der Waals surface area contributed by atoms with Crippen LogP contribution in [0, 0.1) is 6.57 Å². The molecule has 1 N–H and O–H groups in total. The first-order chi connectivity index (χ1) is 19.7. The van der Waals surface area contributed by atoms with Crippen molar-refractivity contribution in [1.29, 1.82) is 0 Å². The molecule has 0 radical (unpaired) electrons. The van der Waals surface area contributed by atoms with Gasteiger partial charge in [0.05, 0.1) is 25.7 Å². The van der Waals surface area contributed by atoms with Gasteiger partial charge in [0, 0.05) is 17.8 Å². The van der Waals surface area contributed by atoms with Gasteiger partial charge in [-0.1, -0.05) is 30.3 Å². The number of methoxy groups -OCH3 is 1. The predicted octanol–water partition coefficient (Wildman–Crippen LogP) is 6.43. The monoisotopic (exact) mass is 581 g/mol. The molecule has 0 aromatic heterocycles. The number of esters is 1. The van der Waals surface area contributed by atoms with E-state index in [0.717, 1.165) is 6.07 Å². The van der Waals surface area contributed by atoms with Crippen molar-refractivity contribution in [3.63, 3.8) is 0 Å². The first-order valence-electron chi connectivity index (χ1n) is 12.8. The number of nitrogens with zero attached hydrogens (tertiary/aromatic N) is 2. The molecule has 42 heavy (non-hydrogen) atoms. The molecule has 0 heterocycles. The molecule has 0 saturated carbocycles. The summed E-state index contributed by atoms with van der Waals surface area (Å²) in [4.78, 5) is 43.2. The lowest BCUT2D eigenvalue weighted by atomic mass is 10.0. The van der Waals surface area contributed by atoms with Crippen molar-refractivity contribution in [2.75, 3.05) is 19.0 Å². The summed E-state index contributed by atoms with van der Waals surface area (Å²) in [5.41, 5.74) is -0.323. The number of amides is 2.